The van der Waals surface area contributed by atoms with E-state index in [0.717, 1.165) is 12.8 Å². The van der Waals surface area contributed by atoms with Gasteiger partial charge >= 0.3 is 0 Å². The third kappa shape index (κ3) is 2.49. The Kier molecular flexibility index (Phi) is 3.77. The van der Waals surface area contributed by atoms with Crippen molar-refractivity contribution in [3.63, 3.8) is 0 Å². The number of ether oxygens (including phenoxy) is 1. The molecule has 1 aromatic carbocycles. The van der Waals surface area contributed by atoms with Crippen LogP contribution in [0.4, 0.5) is 0 Å². The van der Waals surface area contributed by atoms with E-state index in [1.54, 1.807) is 31.2 Å². The molecule has 6 heteroatoms. The van der Waals surface area contributed by atoms with Gasteiger partial charge in [-0.3, -0.25) is 14.4 Å². The zero-order chi connectivity index (χ0) is 17.6. The molecule has 1 aromatic heterocycles. The van der Waals surface area contributed by atoms with Gasteiger partial charge in [-0.1, -0.05) is 24.3 Å². The second-order valence-electron chi connectivity index (χ2n) is 6.29. The maximum Gasteiger partial charge on any atom is 0.255 e. The van der Waals surface area contributed by atoms with Gasteiger partial charge in [0.1, 0.15) is 5.76 Å². The van der Waals surface area contributed by atoms with Gasteiger partial charge in [0.05, 0.1) is 17.2 Å². The molecule has 0 saturated carbocycles. The molecule has 2 aliphatic rings. The Bertz CT molecular complexity index is 889. The average Bonchev–Trinajstić information content (AvgIpc) is 3.25. The molecule has 6 nitrogen and oxygen atoms in total. The normalized spacial score (nSPS) is 18.8. The Labute approximate surface area is 144 Å². The second kappa shape index (κ2) is 5.97. The minimum Gasteiger partial charge on any atom is -0.456 e. The number of rotatable bonds is 3. The van der Waals surface area contributed by atoms with Crippen LogP contribution in [0.15, 0.2) is 28.7 Å². The van der Waals surface area contributed by atoms with E-state index in [4.69, 9.17) is 9.15 Å². The topological polar surface area (TPSA) is 85.6 Å². The molecule has 128 valence electrons. The quantitative estimate of drug-likeness (QED) is 0.791. The largest absolute Gasteiger partial charge is 0.456 e. The molecule has 0 bridgehead atoms. The number of amides is 1. The van der Waals surface area contributed by atoms with Crippen LogP contribution in [0.25, 0.3) is 0 Å². The van der Waals surface area contributed by atoms with E-state index >= 15 is 0 Å². The second-order valence-corrected chi connectivity index (χ2v) is 6.29. The lowest BCUT2D eigenvalue weighted by Crippen LogP contribution is -2.33. The third-order valence-corrected chi connectivity index (χ3v) is 4.68. The SMILES string of the molecule is Cc1oc2c(c1C(=O)NCC1CCCO1)C(=O)c1ccccc1C2=O. The summed E-state index contributed by atoms with van der Waals surface area (Å²) in [6.07, 6.45) is 1.86. The maximum absolute atomic E-state index is 12.8. The zero-order valence-corrected chi connectivity index (χ0v) is 13.8. The number of nitrogens with one attached hydrogen (secondary N) is 1. The Morgan fingerprint density at radius 3 is 2.60 bits per heavy atom. The van der Waals surface area contributed by atoms with Gasteiger partial charge in [-0.2, -0.15) is 0 Å². The van der Waals surface area contributed by atoms with Crippen LogP contribution in [0.1, 0.15) is 61.0 Å². The van der Waals surface area contributed by atoms with E-state index in [1.165, 1.54) is 0 Å². The first-order valence-electron chi connectivity index (χ1n) is 8.29. The van der Waals surface area contributed by atoms with E-state index in [0.29, 0.717) is 24.3 Å². The van der Waals surface area contributed by atoms with Crippen molar-refractivity contribution in [1.82, 2.24) is 5.32 Å². The van der Waals surface area contributed by atoms with Crippen molar-refractivity contribution in [3.05, 3.63) is 58.0 Å². The molecular weight excluding hydrogens is 322 g/mol. The third-order valence-electron chi connectivity index (χ3n) is 4.68. The fraction of sp³-hybridized carbons (Fsp3) is 0.316. The lowest BCUT2D eigenvalue weighted by atomic mass is 9.86. The van der Waals surface area contributed by atoms with E-state index < -0.39 is 5.91 Å². The van der Waals surface area contributed by atoms with Crippen molar-refractivity contribution in [2.24, 2.45) is 0 Å². The summed E-state index contributed by atoms with van der Waals surface area (Å²) in [5.41, 5.74) is 0.806. The van der Waals surface area contributed by atoms with Gasteiger partial charge in [0.2, 0.25) is 5.78 Å². The van der Waals surface area contributed by atoms with E-state index in [9.17, 15) is 14.4 Å². The number of hydrogen-bond donors (Lipinski definition) is 1. The van der Waals surface area contributed by atoms with Crippen LogP contribution >= 0.6 is 0 Å². The minimum absolute atomic E-state index is 0.00922. The Morgan fingerprint density at radius 2 is 1.92 bits per heavy atom. The molecule has 2 aromatic rings. The van der Waals surface area contributed by atoms with Gasteiger partial charge in [0.15, 0.2) is 11.5 Å². The van der Waals surface area contributed by atoms with Crippen LogP contribution in [0, 0.1) is 6.92 Å². The number of furan rings is 1. The average molecular weight is 339 g/mol. The summed E-state index contributed by atoms with van der Waals surface area (Å²) in [5, 5.41) is 2.79. The Balaban J connectivity index is 1.69. The van der Waals surface area contributed by atoms with Crippen LogP contribution < -0.4 is 5.32 Å². The van der Waals surface area contributed by atoms with E-state index in [-0.39, 0.29) is 40.3 Å². The summed E-state index contributed by atoms with van der Waals surface area (Å²) in [5.74, 6) is -0.929. The van der Waals surface area contributed by atoms with Crippen molar-refractivity contribution in [3.8, 4) is 0 Å². The number of fused-ring (bicyclic) bond motifs is 2. The standard InChI is InChI=1S/C19H17NO5/c1-10-14(19(23)20-9-11-5-4-8-24-11)15-16(21)12-6-2-3-7-13(12)17(22)18(15)25-10/h2-3,6-7,11H,4-5,8-9H2,1H3,(H,20,23). The Morgan fingerprint density at radius 1 is 1.20 bits per heavy atom. The van der Waals surface area contributed by atoms with Crippen LogP contribution in [-0.2, 0) is 4.74 Å². The highest BCUT2D eigenvalue weighted by Crippen LogP contribution is 2.33. The maximum atomic E-state index is 12.8. The first-order valence-corrected chi connectivity index (χ1v) is 8.29. The van der Waals surface area contributed by atoms with Crippen molar-refractivity contribution in [2.45, 2.75) is 25.9 Å². The van der Waals surface area contributed by atoms with Crippen molar-refractivity contribution >= 4 is 17.5 Å². The molecule has 1 fully saturated rings. The summed E-state index contributed by atoms with van der Waals surface area (Å²) in [4.78, 5) is 38.1. The highest BCUT2D eigenvalue weighted by atomic mass is 16.5. The summed E-state index contributed by atoms with van der Waals surface area (Å²) in [6, 6.07) is 6.57. The fourth-order valence-corrected chi connectivity index (χ4v) is 3.43. The monoisotopic (exact) mass is 339 g/mol. The predicted molar refractivity (Wildman–Crippen MR) is 88.1 cm³/mol. The smallest absolute Gasteiger partial charge is 0.255 e. The molecule has 0 spiro atoms. The zero-order valence-electron chi connectivity index (χ0n) is 13.8. The molecule has 1 unspecified atom stereocenters. The van der Waals surface area contributed by atoms with Gasteiger partial charge in [0.25, 0.3) is 5.91 Å². The van der Waals surface area contributed by atoms with Gasteiger partial charge in [0, 0.05) is 24.3 Å². The molecule has 0 radical (unpaired) electrons. The molecule has 25 heavy (non-hydrogen) atoms. The van der Waals surface area contributed by atoms with Crippen LogP contribution in [0.2, 0.25) is 0 Å². The van der Waals surface area contributed by atoms with Gasteiger partial charge in [-0.05, 0) is 19.8 Å². The number of ketones is 2. The lowest BCUT2D eigenvalue weighted by Gasteiger charge is -2.14. The van der Waals surface area contributed by atoms with Gasteiger partial charge in [-0.15, -0.1) is 0 Å². The molecule has 1 saturated heterocycles. The van der Waals surface area contributed by atoms with Gasteiger partial charge < -0.3 is 14.5 Å². The molecule has 1 aliphatic carbocycles. The predicted octanol–water partition coefficient (Wildman–Crippen LogP) is 2.27. The van der Waals surface area contributed by atoms with Crippen LogP contribution in [0.5, 0.6) is 0 Å². The van der Waals surface area contributed by atoms with Crippen molar-refractivity contribution in [2.75, 3.05) is 13.2 Å². The molecule has 2 heterocycles. The molecule has 4 rings (SSSR count). The number of benzene rings is 1. The summed E-state index contributed by atoms with van der Waals surface area (Å²) < 4.78 is 11.0. The first-order chi connectivity index (χ1) is 12.1. The molecule has 1 amide bonds. The fourth-order valence-electron chi connectivity index (χ4n) is 3.43. The first kappa shape index (κ1) is 15.8. The highest BCUT2D eigenvalue weighted by Gasteiger charge is 2.38. The molecule has 1 atom stereocenters. The molecular formula is C19H17NO5. The minimum atomic E-state index is -0.418. The summed E-state index contributed by atoms with van der Waals surface area (Å²) in [7, 11) is 0. The van der Waals surface area contributed by atoms with Crippen molar-refractivity contribution < 1.29 is 23.5 Å². The van der Waals surface area contributed by atoms with E-state index in [1.807, 2.05) is 0 Å². The highest BCUT2D eigenvalue weighted by molar-refractivity contribution is 6.30. The van der Waals surface area contributed by atoms with Crippen LogP contribution in [0.3, 0.4) is 0 Å². The Hall–Kier alpha value is -2.73. The summed E-state index contributed by atoms with van der Waals surface area (Å²) >= 11 is 0. The van der Waals surface area contributed by atoms with Gasteiger partial charge in [-0.25, -0.2) is 0 Å². The molecule has 1 N–H and O–H groups in total. The number of hydrogen-bond acceptors (Lipinski definition) is 5. The summed E-state index contributed by atoms with van der Waals surface area (Å²) in [6.45, 7) is 2.66. The molecule has 1 aliphatic heterocycles. The number of carbonyl (C=O) groups is 3. The lowest BCUT2D eigenvalue weighted by molar-refractivity contribution is 0.0852. The number of aryl methyl sites for hydroxylation is 1. The number of carbonyl (C=O) groups excluding carboxylic acids is 3. The van der Waals surface area contributed by atoms with Crippen LogP contribution in [-0.4, -0.2) is 36.7 Å². The van der Waals surface area contributed by atoms with E-state index in [2.05, 4.69) is 5.32 Å². The van der Waals surface area contributed by atoms with Crippen molar-refractivity contribution in [1.29, 1.82) is 0 Å².